The zero-order valence-electron chi connectivity index (χ0n) is 14.5. The lowest BCUT2D eigenvalue weighted by atomic mass is 10.2. The van der Waals surface area contributed by atoms with Gasteiger partial charge in [-0.3, -0.25) is 4.90 Å². The van der Waals surface area contributed by atoms with Crippen LogP contribution in [0.15, 0.2) is 30.3 Å². The van der Waals surface area contributed by atoms with Crippen LogP contribution in [0.4, 0.5) is 5.82 Å². The summed E-state index contributed by atoms with van der Waals surface area (Å²) in [6.45, 7) is 6.69. The van der Waals surface area contributed by atoms with Gasteiger partial charge in [0.2, 0.25) is 0 Å². The second-order valence-electron chi connectivity index (χ2n) is 6.30. The van der Waals surface area contributed by atoms with E-state index in [2.05, 4.69) is 25.8 Å². The van der Waals surface area contributed by atoms with E-state index in [4.69, 9.17) is 5.26 Å². The first-order chi connectivity index (χ1) is 12.2. The predicted octanol–water partition coefficient (Wildman–Crippen LogP) is 2.58. The summed E-state index contributed by atoms with van der Waals surface area (Å²) in [5.41, 5.74) is 1.54. The van der Waals surface area contributed by atoms with E-state index in [1.165, 1.54) is 0 Å². The van der Waals surface area contributed by atoms with Crippen molar-refractivity contribution in [3.8, 4) is 23.2 Å². The third kappa shape index (κ3) is 4.25. The van der Waals surface area contributed by atoms with Crippen molar-refractivity contribution in [2.75, 3.05) is 37.6 Å². The number of piperazine rings is 1. The van der Waals surface area contributed by atoms with Crippen LogP contribution in [0.2, 0.25) is 0 Å². The molecule has 25 heavy (non-hydrogen) atoms. The van der Waals surface area contributed by atoms with Crippen LogP contribution in [0, 0.1) is 18.3 Å². The zero-order valence-corrected chi connectivity index (χ0v) is 14.5. The molecule has 0 saturated carbocycles. The molecule has 0 unspecified atom stereocenters. The summed E-state index contributed by atoms with van der Waals surface area (Å²) < 4.78 is 0. The summed E-state index contributed by atoms with van der Waals surface area (Å²) in [7, 11) is 0. The van der Waals surface area contributed by atoms with Crippen LogP contribution in [0.1, 0.15) is 18.5 Å². The minimum Gasteiger partial charge on any atom is -0.507 e. The Hall–Kier alpha value is -2.65. The summed E-state index contributed by atoms with van der Waals surface area (Å²) >= 11 is 0. The highest BCUT2D eigenvalue weighted by molar-refractivity contribution is 5.65. The number of phenols is 1. The molecule has 2 heterocycles. The van der Waals surface area contributed by atoms with Gasteiger partial charge in [-0.25, -0.2) is 9.97 Å². The molecule has 0 spiro atoms. The average Bonchev–Trinajstić information content (AvgIpc) is 2.62. The number of hydrogen-bond acceptors (Lipinski definition) is 6. The highest BCUT2D eigenvalue weighted by atomic mass is 16.3. The van der Waals surface area contributed by atoms with Gasteiger partial charge in [-0.05, 0) is 32.0 Å². The molecule has 1 aromatic heterocycles. The van der Waals surface area contributed by atoms with E-state index in [1.807, 2.05) is 25.1 Å². The maximum atomic E-state index is 10.1. The van der Waals surface area contributed by atoms with Crippen molar-refractivity contribution in [3.05, 3.63) is 36.0 Å². The summed E-state index contributed by atoms with van der Waals surface area (Å²) in [4.78, 5) is 13.8. The van der Waals surface area contributed by atoms with Gasteiger partial charge in [0.05, 0.1) is 11.6 Å². The van der Waals surface area contributed by atoms with E-state index >= 15 is 0 Å². The van der Waals surface area contributed by atoms with E-state index in [0.717, 1.165) is 50.7 Å². The molecule has 0 radical (unpaired) electrons. The average molecular weight is 337 g/mol. The molecule has 6 heteroatoms. The van der Waals surface area contributed by atoms with Crippen LogP contribution >= 0.6 is 0 Å². The van der Waals surface area contributed by atoms with E-state index < -0.39 is 0 Å². The Balaban J connectivity index is 1.72. The Morgan fingerprint density at radius 1 is 1.16 bits per heavy atom. The number of aromatic nitrogens is 2. The number of rotatable bonds is 5. The number of benzene rings is 1. The molecular weight excluding hydrogens is 314 g/mol. The van der Waals surface area contributed by atoms with Gasteiger partial charge in [0.25, 0.3) is 0 Å². The summed E-state index contributed by atoms with van der Waals surface area (Å²) in [5.74, 6) is 1.66. The molecule has 1 aromatic carbocycles. The fourth-order valence-electron chi connectivity index (χ4n) is 3.08. The van der Waals surface area contributed by atoms with Crippen molar-refractivity contribution in [1.29, 1.82) is 5.26 Å². The third-order valence-electron chi connectivity index (χ3n) is 4.44. The number of hydrogen-bond donors (Lipinski definition) is 1. The minimum absolute atomic E-state index is 0.196. The number of phenolic OH excluding ortho intramolecular Hbond substituents is 1. The second-order valence-corrected chi connectivity index (χ2v) is 6.30. The molecule has 1 aliphatic rings. The van der Waals surface area contributed by atoms with Crippen molar-refractivity contribution in [1.82, 2.24) is 14.9 Å². The van der Waals surface area contributed by atoms with Crippen molar-refractivity contribution < 1.29 is 5.11 Å². The highest BCUT2D eigenvalue weighted by Crippen LogP contribution is 2.27. The monoisotopic (exact) mass is 337 g/mol. The van der Waals surface area contributed by atoms with Crippen molar-refractivity contribution in [2.24, 2.45) is 0 Å². The first kappa shape index (κ1) is 17.2. The first-order valence-corrected chi connectivity index (χ1v) is 8.65. The molecular formula is C19H23N5O. The Morgan fingerprint density at radius 3 is 2.64 bits per heavy atom. The lowest BCUT2D eigenvalue weighted by molar-refractivity contribution is 0.255. The normalized spacial score (nSPS) is 15.1. The van der Waals surface area contributed by atoms with Gasteiger partial charge < -0.3 is 10.0 Å². The van der Waals surface area contributed by atoms with Crippen LogP contribution in [0.5, 0.6) is 5.75 Å². The number of unbranched alkanes of at least 4 members (excludes halogenated alkanes) is 1. The van der Waals surface area contributed by atoms with Gasteiger partial charge in [-0.15, -0.1) is 0 Å². The minimum atomic E-state index is 0.196. The maximum Gasteiger partial charge on any atom is 0.165 e. The van der Waals surface area contributed by atoms with E-state index in [9.17, 15) is 5.11 Å². The molecule has 0 atom stereocenters. The van der Waals surface area contributed by atoms with E-state index in [0.29, 0.717) is 17.8 Å². The molecule has 1 aliphatic heterocycles. The molecule has 0 bridgehead atoms. The third-order valence-corrected chi connectivity index (χ3v) is 4.44. The first-order valence-electron chi connectivity index (χ1n) is 8.65. The van der Waals surface area contributed by atoms with Crippen molar-refractivity contribution >= 4 is 5.82 Å². The molecule has 6 nitrogen and oxygen atoms in total. The standard InChI is InChI=1S/C19H23N5O/c1-15-14-18(22-19(21-15)16-6-2-3-7-17(16)25)24-12-10-23(11-13-24)9-5-4-8-20/h2-3,6-7,14,25H,4-5,9-13H2,1H3. The molecule has 1 N–H and O–H groups in total. The smallest absolute Gasteiger partial charge is 0.165 e. The Bertz CT molecular complexity index is 763. The van der Waals surface area contributed by atoms with Crippen LogP contribution < -0.4 is 4.90 Å². The number of aromatic hydroxyl groups is 1. The number of anilines is 1. The van der Waals surface area contributed by atoms with Crippen LogP contribution in [-0.2, 0) is 0 Å². The zero-order chi connectivity index (χ0) is 17.6. The lowest BCUT2D eigenvalue weighted by Crippen LogP contribution is -2.47. The van der Waals surface area contributed by atoms with Crippen molar-refractivity contribution in [2.45, 2.75) is 19.8 Å². The van der Waals surface area contributed by atoms with Gasteiger partial charge in [0, 0.05) is 44.4 Å². The van der Waals surface area contributed by atoms with Gasteiger partial charge in [0.1, 0.15) is 11.6 Å². The fraction of sp³-hybridized carbons (Fsp3) is 0.421. The molecule has 1 fully saturated rings. The Kier molecular flexibility index (Phi) is 5.46. The Labute approximate surface area is 148 Å². The number of nitrogens with zero attached hydrogens (tertiary/aromatic N) is 5. The maximum absolute atomic E-state index is 10.1. The van der Waals surface area contributed by atoms with Crippen LogP contribution in [-0.4, -0.2) is 52.7 Å². The molecule has 1 saturated heterocycles. The SMILES string of the molecule is Cc1cc(N2CCN(CCCC#N)CC2)nc(-c2ccccc2O)n1. The van der Waals surface area contributed by atoms with Crippen LogP contribution in [0.3, 0.4) is 0 Å². The fourth-order valence-corrected chi connectivity index (χ4v) is 3.08. The predicted molar refractivity (Wildman–Crippen MR) is 97.4 cm³/mol. The van der Waals surface area contributed by atoms with E-state index in [1.54, 1.807) is 12.1 Å². The van der Waals surface area contributed by atoms with Crippen LogP contribution in [0.25, 0.3) is 11.4 Å². The van der Waals surface area contributed by atoms with Gasteiger partial charge in [-0.1, -0.05) is 12.1 Å². The topological polar surface area (TPSA) is 76.3 Å². The van der Waals surface area contributed by atoms with Gasteiger partial charge in [0.15, 0.2) is 5.82 Å². The molecule has 0 amide bonds. The van der Waals surface area contributed by atoms with Gasteiger partial charge >= 0.3 is 0 Å². The summed E-state index contributed by atoms with van der Waals surface area (Å²) in [6.07, 6.45) is 1.55. The number of para-hydroxylation sites is 1. The summed E-state index contributed by atoms with van der Waals surface area (Å²) in [6, 6.07) is 11.4. The molecule has 130 valence electrons. The molecule has 3 rings (SSSR count). The number of nitriles is 1. The largest absolute Gasteiger partial charge is 0.507 e. The highest BCUT2D eigenvalue weighted by Gasteiger charge is 2.19. The summed E-state index contributed by atoms with van der Waals surface area (Å²) in [5, 5.41) is 18.7. The van der Waals surface area contributed by atoms with Gasteiger partial charge in [-0.2, -0.15) is 5.26 Å². The number of aryl methyl sites for hydroxylation is 1. The Morgan fingerprint density at radius 2 is 1.92 bits per heavy atom. The lowest BCUT2D eigenvalue weighted by Gasteiger charge is -2.35. The van der Waals surface area contributed by atoms with E-state index in [-0.39, 0.29) is 5.75 Å². The second kappa shape index (κ2) is 7.95. The molecule has 2 aromatic rings. The molecule has 0 aliphatic carbocycles. The quantitative estimate of drug-likeness (QED) is 0.845. The van der Waals surface area contributed by atoms with Crippen molar-refractivity contribution in [3.63, 3.8) is 0 Å².